The fourth-order valence-electron chi connectivity index (χ4n) is 5.92. The maximum atomic E-state index is 14.1. The zero-order chi connectivity index (χ0) is 36.7. The van der Waals surface area contributed by atoms with Gasteiger partial charge in [-0.2, -0.15) is 9.57 Å². The third-order valence-corrected chi connectivity index (χ3v) is 10.3. The SMILES string of the molecule is Cc1cc(S(=O)(=O)N(CC(C)C)C[C@@H](O)[C@H](Cc2ccccc2)NC(=O)C(C(C)C)N2CC(=O)N(Cc3ccnc(C#N)c3)C2=O)ccc1O. The highest BCUT2D eigenvalue weighted by Crippen LogP contribution is 2.25. The molecule has 1 aliphatic rings. The lowest BCUT2D eigenvalue weighted by Crippen LogP contribution is -2.57. The van der Waals surface area contributed by atoms with Gasteiger partial charge in [-0.15, -0.1) is 0 Å². The number of rotatable bonds is 15. The molecule has 3 aromatic rings. The Kier molecular flexibility index (Phi) is 12.3. The predicted octanol–water partition coefficient (Wildman–Crippen LogP) is 3.19. The van der Waals surface area contributed by atoms with E-state index in [0.29, 0.717) is 11.1 Å². The normalized spacial score (nSPS) is 15.4. The van der Waals surface area contributed by atoms with Crippen molar-refractivity contribution in [2.45, 2.75) is 70.7 Å². The molecule has 50 heavy (non-hydrogen) atoms. The van der Waals surface area contributed by atoms with Crippen LogP contribution in [-0.2, 0) is 32.6 Å². The largest absolute Gasteiger partial charge is 0.508 e. The van der Waals surface area contributed by atoms with Gasteiger partial charge >= 0.3 is 6.03 Å². The number of urea groups is 1. The lowest BCUT2D eigenvalue weighted by Gasteiger charge is -2.34. The summed E-state index contributed by atoms with van der Waals surface area (Å²) in [5.74, 6) is -1.71. The molecule has 0 aliphatic carbocycles. The monoisotopic (exact) mass is 704 g/mol. The Balaban J connectivity index is 1.60. The van der Waals surface area contributed by atoms with E-state index >= 15 is 0 Å². The van der Waals surface area contributed by atoms with Crippen LogP contribution in [0.25, 0.3) is 0 Å². The van der Waals surface area contributed by atoms with Crippen molar-refractivity contribution in [1.29, 1.82) is 5.26 Å². The topological polar surface area (TPSA) is 184 Å². The fourth-order valence-corrected chi connectivity index (χ4v) is 7.63. The standard InChI is InChI=1S/C36H44N6O7S/c1-23(2)19-40(50(48,49)29-11-12-31(43)25(5)15-29)21-32(44)30(17-26-9-7-6-8-10-26)39-35(46)34(24(3)4)42-22-33(45)41(36(42)47)20-27-13-14-38-28(16-27)18-37/h6-16,23-24,30,32,34,43-44H,17,19-22H2,1-5H3,(H,39,46)/t30-,32+,34?/m0/s1. The summed E-state index contributed by atoms with van der Waals surface area (Å²) in [6, 6.07) is 15.3. The van der Waals surface area contributed by atoms with Gasteiger partial charge in [-0.25, -0.2) is 18.2 Å². The van der Waals surface area contributed by atoms with Crippen LogP contribution in [0.5, 0.6) is 5.75 Å². The molecule has 1 fully saturated rings. The van der Waals surface area contributed by atoms with Crippen molar-refractivity contribution in [3.05, 3.63) is 89.2 Å². The lowest BCUT2D eigenvalue weighted by molar-refractivity contribution is -0.129. The van der Waals surface area contributed by atoms with E-state index < -0.39 is 52.0 Å². The first-order valence-corrected chi connectivity index (χ1v) is 17.8. The fraction of sp³-hybridized carbons (Fsp3) is 0.417. The van der Waals surface area contributed by atoms with Gasteiger partial charge in [-0.1, -0.05) is 58.0 Å². The molecular formula is C36H44N6O7S. The predicted molar refractivity (Wildman–Crippen MR) is 185 cm³/mol. The maximum Gasteiger partial charge on any atom is 0.328 e. The van der Waals surface area contributed by atoms with Crippen molar-refractivity contribution in [2.75, 3.05) is 19.6 Å². The summed E-state index contributed by atoms with van der Waals surface area (Å²) in [4.78, 5) is 46.9. The zero-order valence-electron chi connectivity index (χ0n) is 28.9. The summed E-state index contributed by atoms with van der Waals surface area (Å²) in [6.07, 6.45) is 0.180. The summed E-state index contributed by atoms with van der Waals surface area (Å²) >= 11 is 0. The van der Waals surface area contributed by atoms with Crippen molar-refractivity contribution in [1.82, 2.24) is 24.4 Å². The van der Waals surface area contributed by atoms with Gasteiger partial charge in [-0.05, 0) is 72.2 Å². The molecule has 2 aromatic carbocycles. The molecule has 0 radical (unpaired) electrons. The molecule has 4 amide bonds. The van der Waals surface area contributed by atoms with Crippen molar-refractivity contribution in [3.63, 3.8) is 0 Å². The van der Waals surface area contributed by atoms with Gasteiger partial charge in [0, 0.05) is 19.3 Å². The first-order chi connectivity index (χ1) is 23.6. The number of aromatic nitrogens is 1. The molecule has 14 heteroatoms. The number of hydrogen-bond donors (Lipinski definition) is 3. The summed E-state index contributed by atoms with van der Waals surface area (Å²) in [5, 5.41) is 33.8. The third-order valence-electron chi connectivity index (χ3n) is 8.45. The number of nitriles is 1. The van der Waals surface area contributed by atoms with E-state index in [1.165, 1.54) is 39.7 Å². The van der Waals surface area contributed by atoms with Gasteiger partial charge in [-0.3, -0.25) is 14.5 Å². The van der Waals surface area contributed by atoms with Crippen LogP contribution in [0.3, 0.4) is 0 Å². The van der Waals surface area contributed by atoms with E-state index in [-0.39, 0.29) is 54.9 Å². The van der Waals surface area contributed by atoms with Crippen LogP contribution >= 0.6 is 0 Å². The van der Waals surface area contributed by atoms with Gasteiger partial charge in [0.15, 0.2) is 0 Å². The molecule has 0 bridgehead atoms. The van der Waals surface area contributed by atoms with Crippen LogP contribution in [0.2, 0.25) is 0 Å². The molecular weight excluding hydrogens is 660 g/mol. The van der Waals surface area contributed by atoms with Crippen LogP contribution in [0.15, 0.2) is 71.8 Å². The Hall–Kier alpha value is -4.84. The average molecular weight is 705 g/mol. The van der Waals surface area contributed by atoms with Crippen LogP contribution in [-0.4, -0.2) is 93.4 Å². The second-order valence-electron chi connectivity index (χ2n) is 13.3. The van der Waals surface area contributed by atoms with Gasteiger partial charge in [0.2, 0.25) is 15.9 Å². The number of aryl methyl sites for hydroxylation is 1. The minimum Gasteiger partial charge on any atom is -0.508 e. The Bertz CT molecular complexity index is 1840. The van der Waals surface area contributed by atoms with E-state index in [1.54, 1.807) is 26.8 Å². The molecule has 0 spiro atoms. The minimum absolute atomic E-state index is 0.0402. The summed E-state index contributed by atoms with van der Waals surface area (Å²) in [5.41, 5.74) is 1.82. The maximum absolute atomic E-state index is 14.1. The number of aliphatic hydroxyl groups excluding tert-OH is 1. The van der Waals surface area contributed by atoms with Gasteiger partial charge in [0.05, 0.1) is 23.6 Å². The number of benzene rings is 2. The summed E-state index contributed by atoms with van der Waals surface area (Å²) < 4.78 is 28.9. The molecule has 13 nitrogen and oxygen atoms in total. The Labute approximate surface area is 293 Å². The Morgan fingerprint density at radius 2 is 1.74 bits per heavy atom. The highest BCUT2D eigenvalue weighted by molar-refractivity contribution is 7.89. The van der Waals surface area contributed by atoms with Crippen molar-refractivity contribution in [3.8, 4) is 11.8 Å². The number of sulfonamides is 1. The summed E-state index contributed by atoms with van der Waals surface area (Å²) in [6.45, 7) is 8.05. The number of amides is 4. The van der Waals surface area contributed by atoms with Gasteiger partial charge in [0.25, 0.3) is 5.91 Å². The van der Waals surface area contributed by atoms with Crippen LogP contribution in [0.4, 0.5) is 4.79 Å². The van der Waals surface area contributed by atoms with Crippen LogP contribution in [0.1, 0.15) is 50.1 Å². The average Bonchev–Trinajstić information content (AvgIpc) is 3.33. The van der Waals surface area contributed by atoms with E-state index in [0.717, 1.165) is 10.5 Å². The van der Waals surface area contributed by atoms with Gasteiger partial charge < -0.3 is 20.4 Å². The number of carbonyl (C=O) groups is 3. The molecule has 0 saturated carbocycles. The number of phenolic OH excluding ortho intramolecular Hbond substituents is 1. The van der Waals surface area contributed by atoms with Crippen molar-refractivity contribution >= 4 is 27.9 Å². The molecule has 266 valence electrons. The van der Waals surface area contributed by atoms with Crippen LogP contribution in [0, 0.1) is 30.1 Å². The molecule has 3 N–H and O–H groups in total. The van der Waals surface area contributed by atoms with Gasteiger partial charge in [0.1, 0.15) is 30.1 Å². The summed E-state index contributed by atoms with van der Waals surface area (Å²) in [7, 11) is -4.13. The van der Waals surface area contributed by atoms with E-state index in [2.05, 4.69) is 10.3 Å². The Morgan fingerprint density at radius 3 is 2.36 bits per heavy atom. The second kappa shape index (κ2) is 16.2. The van der Waals surface area contributed by atoms with E-state index in [9.17, 15) is 38.3 Å². The number of aromatic hydroxyl groups is 1. The number of imide groups is 1. The number of hydrogen-bond acceptors (Lipinski definition) is 9. The number of aliphatic hydroxyl groups is 1. The number of carbonyl (C=O) groups excluding carboxylic acids is 3. The molecule has 1 aromatic heterocycles. The molecule has 1 aliphatic heterocycles. The second-order valence-corrected chi connectivity index (χ2v) is 15.2. The zero-order valence-corrected chi connectivity index (χ0v) is 29.7. The van der Waals surface area contributed by atoms with Crippen LogP contribution < -0.4 is 5.32 Å². The minimum atomic E-state index is -4.13. The highest BCUT2D eigenvalue weighted by Gasteiger charge is 2.44. The molecule has 1 saturated heterocycles. The van der Waals surface area contributed by atoms with Crippen molar-refractivity contribution < 1.29 is 33.0 Å². The van der Waals surface area contributed by atoms with E-state index in [4.69, 9.17) is 0 Å². The first kappa shape index (κ1) is 38.0. The number of nitrogens with one attached hydrogen (secondary N) is 1. The quantitative estimate of drug-likeness (QED) is 0.200. The Morgan fingerprint density at radius 1 is 1.04 bits per heavy atom. The number of phenols is 1. The van der Waals surface area contributed by atoms with Crippen molar-refractivity contribution in [2.24, 2.45) is 11.8 Å². The number of pyridine rings is 1. The number of nitrogens with zero attached hydrogens (tertiary/aromatic N) is 5. The molecule has 3 atom stereocenters. The molecule has 2 heterocycles. The lowest BCUT2D eigenvalue weighted by atomic mass is 9.97. The van der Waals surface area contributed by atoms with E-state index in [1.807, 2.05) is 50.2 Å². The third kappa shape index (κ3) is 9.03. The smallest absolute Gasteiger partial charge is 0.328 e. The molecule has 1 unspecified atom stereocenters. The highest BCUT2D eigenvalue weighted by atomic mass is 32.2. The molecule has 4 rings (SSSR count). The first-order valence-electron chi connectivity index (χ1n) is 16.4.